The maximum Gasteiger partial charge on any atom is 0.103 e. The number of ether oxygens (including phenoxy) is 1. The van der Waals surface area contributed by atoms with Gasteiger partial charge in [-0.15, -0.1) is 0 Å². The van der Waals surface area contributed by atoms with Crippen molar-refractivity contribution in [2.45, 2.75) is 26.4 Å². The van der Waals surface area contributed by atoms with Crippen LogP contribution in [0.4, 0.5) is 0 Å². The Bertz CT molecular complexity index is 156. The van der Waals surface area contributed by atoms with Crippen LogP contribution in [0.15, 0.2) is 12.4 Å². The zero-order valence-electron chi connectivity index (χ0n) is 8.86. The fraction of sp³-hybridized carbons (Fsp3) is 0.800. The minimum atomic E-state index is 0.509. The van der Waals surface area contributed by atoms with Crippen molar-refractivity contribution in [3.63, 3.8) is 0 Å². The van der Waals surface area contributed by atoms with Crippen molar-refractivity contribution < 1.29 is 4.74 Å². The van der Waals surface area contributed by atoms with Crippen molar-refractivity contribution in [3.8, 4) is 0 Å². The van der Waals surface area contributed by atoms with E-state index in [0.29, 0.717) is 6.17 Å². The summed E-state index contributed by atoms with van der Waals surface area (Å²) in [6, 6.07) is 0. The summed E-state index contributed by atoms with van der Waals surface area (Å²) < 4.78 is 5.11. The smallest absolute Gasteiger partial charge is 0.103 e. The molecule has 0 saturated heterocycles. The molecule has 0 N–H and O–H groups in total. The van der Waals surface area contributed by atoms with Crippen LogP contribution >= 0.6 is 0 Å². The Morgan fingerprint density at radius 2 is 1.69 bits per heavy atom. The molecule has 0 atom stereocenters. The van der Waals surface area contributed by atoms with E-state index in [1.54, 1.807) is 7.11 Å². The van der Waals surface area contributed by atoms with Gasteiger partial charge in [-0.1, -0.05) is 0 Å². The van der Waals surface area contributed by atoms with Crippen LogP contribution in [-0.4, -0.2) is 42.8 Å². The quantitative estimate of drug-likeness (QED) is 0.643. The molecule has 1 rings (SSSR count). The number of rotatable bonds is 5. The lowest BCUT2D eigenvalue weighted by Crippen LogP contribution is -2.39. The first-order valence-corrected chi connectivity index (χ1v) is 5.02. The van der Waals surface area contributed by atoms with Gasteiger partial charge in [-0.3, -0.25) is 0 Å². The Morgan fingerprint density at radius 1 is 1.15 bits per heavy atom. The summed E-state index contributed by atoms with van der Waals surface area (Å²) in [6.45, 7) is 7.34. The zero-order chi connectivity index (χ0) is 9.68. The summed E-state index contributed by atoms with van der Waals surface area (Å²) in [4.78, 5) is 4.70. The molecule has 0 aromatic rings. The van der Waals surface area contributed by atoms with Crippen LogP contribution in [0.5, 0.6) is 0 Å². The summed E-state index contributed by atoms with van der Waals surface area (Å²) in [5.41, 5.74) is 0. The number of nitrogens with zero attached hydrogens (tertiary/aromatic N) is 2. The topological polar surface area (TPSA) is 15.7 Å². The minimum Gasteiger partial charge on any atom is -0.385 e. The molecule has 0 unspecified atom stereocenters. The Balaban J connectivity index is 2.45. The zero-order valence-corrected chi connectivity index (χ0v) is 8.86. The van der Waals surface area contributed by atoms with Gasteiger partial charge in [-0.2, -0.15) is 0 Å². The van der Waals surface area contributed by atoms with Crippen LogP contribution in [0.2, 0.25) is 0 Å². The second kappa shape index (κ2) is 5.12. The number of methoxy groups -OCH3 is 1. The third-order valence-electron chi connectivity index (χ3n) is 2.53. The highest BCUT2D eigenvalue weighted by Crippen LogP contribution is 2.17. The van der Waals surface area contributed by atoms with E-state index in [4.69, 9.17) is 4.74 Å². The predicted molar refractivity (Wildman–Crippen MR) is 54.2 cm³/mol. The van der Waals surface area contributed by atoms with Gasteiger partial charge in [0.2, 0.25) is 0 Å². The maximum atomic E-state index is 5.11. The molecule has 1 aliphatic rings. The molecule has 1 heterocycles. The first-order valence-electron chi connectivity index (χ1n) is 5.02. The minimum absolute atomic E-state index is 0.509. The van der Waals surface area contributed by atoms with Crippen molar-refractivity contribution in [1.29, 1.82) is 0 Å². The monoisotopic (exact) mass is 184 g/mol. The molecule has 0 aliphatic carbocycles. The van der Waals surface area contributed by atoms with E-state index in [1.165, 1.54) is 0 Å². The molecule has 3 nitrogen and oxygen atoms in total. The molecule has 0 spiro atoms. The van der Waals surface area contributed by atoms with Gasteiger partial charge in [-0.05, 0) is 13.8 Å². The van der Waals surface area contributed by atoms with E-state index in [1.807, 2.05) is 0 Å². The lowest BCUT2D eigenvalue weighted by atomic mass is 10.3. The van der Waals surface area contributed by atoms with Gasteiger partial charge in [0.25, 0.3) is 0 Å². The van der Waals surface area contributed by atoms with Gasteiger partial charge >= 0.3 is 0 Å². The molecule has 0 amide bonds. The Morgan fingerprint density at radius 3 is 2.08 bits per heavy atom. The average Bonchev–Trinajstić information content (AvgIpc) is 2.56. The molecule has 0 fully saturated rings. The summed E-state index contributed by atoms with van der Waals surface area (Å²) in [5, 5.41) is 0. The van der Waals surface area contributed by atoms with Gasteiger partial charge in [0, 0.05) is 45.6 Å². The molecular formula is C10H20N2O. The van der Waals surface area contributed by atoms with Gasteiger partial charge in [0.15, 0.2) is 0 Å². The highest BCUT2D eigenvalue weighted by atomic mass is 16.5. The van der Waals surface area contributed by atoms with Gasteiger partial charge in [0.05, 0.1) is 0 Å². The fourth-order valence-electron chi connectivity index (χ4n) is 1.75. The Kier molecular flexibility index (Phi) is 4.09. The maximum absolute atomic E-state index is 5.11. The summed E-state index contributed by atoms with van der Waals surface area (Å²) in [5.74, 6) is 0. The van der Waals surface area contributed by atoms with E-state index in [0.717, 1.165) is 26.1 Å². The van der Waals surface area contributed by atoms with Crippen LogP contribution in [0.1, 0.15) is 20.3 Å². The van der Waals surface area contributed by atoms with Crippen molar-refractivity contribution >= 4 is 0 Å². The molecule has 0 saturated carbocycles. The van der Waals surface area contributed by atoms with E-state index >= 15 is 0 Å². The summed E-state index contributed by atoms with van der Waals surface area (Å²) in [7, 11) is 1.76. The lowest BCUT2D eigenvalue weighted by Gasteiger charge is -2.31. The molecule has 0 bridgehead atoms. The SMILES string of the molecule is CCN1C=CN(CC)C1CCOC. The molecule has 0 radical (unpaired) electrons. The molecule has 13 heavy (non-hydrogen) atoms. The Labute approximate surface area is 81.0 Å². The van der Waals surface area contributed by atoms with Crippen molar-refractivity contribution in [2.75, 3.05) is 26.8 Å². The molecule has 76 valence electrons. The van der Waals surface area contributed by atoms with Gasteiger partial charge in [-0.25, -0.2) is 0 Å². The second-order valence-electron chi connectivity index (χ2n) is 3.22. The second-order valence-corrected chi connectivity index (χ2v) is 3.22. The summed E-state index contributed by atoms with van der Waals surface area (Å²) in [6.07, 6.45) is 5.92. The van der Waals surface area contributed by atoms with Gasteiger partial charge < -0.3 is 14.5 Å². The summed E-state index contributed by atoms with van der Waals surface area (Å²) >= 11 is 0. The van der Waals surface area contributed by atoms with E-state index in [9.17, 15) is 0 Å². The molecular weight excluding hydrogens is 164 g/mol. The lowest BCUT2D eigenvalue weighted by molar-refractivity contribution is 0.104. The van der Waals surface area contributed by atoms with E-state index in [-0.39, 0.29) is 0 Å². The number of hydrogen-bond acceptors (Lipinski definition) is 3. The van der Waals surface area contributed by atoms with Crippen molar-refractivity contribution in [1.82, 2.24) is 9.80 Å². The fourth-order valence-corrected chi connectivity index (χ4v) is 1.75. The highest BCUT2D eigenvalue weighted by molar-refractivity contribution is 4.95. The van der Waals surface area contributed by atoms with Crippen LogP contribution in [0, 0.1) is 0 Å². The van der Waals surface area contributed by atoms with Crippen LogP contribution in [0.3, 0.4) is 0 Å². The molecule has 0 aromatic carbocycles. The van der Waals surface area contributed by atoms with Gasteiger partial charge in [0.1, 0.15) is 6.17 Å². The van der Waals surface area contributed by atoms with Crippen molar-refractivity contribution in [2.24, 2.45) is 0 Å². The third-order valence-corrected chi connectivity index (χ3v) is 2.53. The molecule has 3 heteroatoms. The predicted octanol–water partition coefficient (Wildman–Crippen LogP) is 1.48. The molecule has 1 aliphatic heterocycles. The molecule has 0 aromatic heterocycles. The van der Waals surface area contributed by atoms with E-state index < -0.39 is 0 Å². The Hall–Kier alpha value is -0.700. The van der Waals surface area contributed by atoms with E-state index in [2.05, 4.69) is 36.0 Å². The first-order chi connectivity index (χ1) is 6.33. The van der Waals surface area contributed by atoms with Crippen molar-refractivity contribution in [3.05, 3.63) is 12.4 Å². The third kappa shape index (κ3) is 2.37. The normalized spacial score (nSPS) is 17.5. The number of hydrogen-bond donors (Lipinski definition) is 0. The van der Waals surface area contributed by atoms with Crippen LogP contribution < -0.4 is 0 Å². The largest absolute Gasteiger partial charge is 0.385 e. The van der Waals surface area contributed by atoms with Crippen LogP contribution in [0.25, 0.3) is 0 Å². The standard InChI is InChI=1S/C10H20N2O/c1-4-11-7-8-12(5-2)10(11)6-9-13-3/h7-8,10H,4-6,9H2,1-3H3. The first kappa shape index (κ1) is 10.4. The average molecular weight is 184 g/mol. The van der Waals surface area contributed by atoms with Crippen LogP contribution in [-0.2, 0) is 4.74 Å². The highest BCUT2D eigenvalue weighted by Gasteiger charge is 2.22.